The molecule has 0 unspecified atom stereocenters. The van der Waals surface area contributed by atoms with Crippen LogP contribution in [-0.4, -0.2) is 42.5 Å². The molecule has 0 aliphatic heterocycles. The van der Waals surface area contributed by atoms with Gasteiger partial charge in [-0.15, -0.1) is 0 Å². The number of amides is 1. The molecule has 40 heavy (non-hydrogen) atoms. The van der Waals surface area contributed by atoms with E-state index in [2.05, 4.69) is 10.6 Å². The second-order valence-corrected chi connectivity index (χ2v) is 9.60. The maximum Gasteiger partial charge on any atom is 0.336 e. The molecular weight excluding hydrogens is 521 g/mol. The third-order valence-corrected chi connectivity index (χ3v) is 6.59. The van der Waals surface area contributed by atoms with E-state index >= 15 is 0 Å². The molecule has 2 aromatic heterocycles. The lowest BCUT2D eigenvalue weighted by Gasteiger charge is -2.21. The summed E-state index contributed by atoms with van der Waals surface area (Å²) < 4.78 is 18.1. The standard InChI is InChI=1S/C28H30FN5O6/c1-15-8-9-22(21(29)12-15)31-25-23-24(16(2)26(38)32(25)4)34(19-7-5-6-18(13-19)30-17(3)36)28(40)33(27(23)39)11-10-20(37)14-35/h5-9,12-13,20,31,35,37H,10-11,14H2,1-4H3,(H,30,36)/t20-/m1/s1. The van der Waals surface area contributed by atoms with Crippen molar-refractivity contribution < 1.29 is 19.4 Å². The Hall–Kier alpha value is -4.55. The molecule has 0 saturated heterocycles. The van der Waals surface area contributed by atoms with Gasteiger partial charge in [0.2, 0.25) is 5.91 Å². The summed E-state index contributed by atoms with van der Waals surface area (Å²) >= 11 is 0. The molecule has 0 fully saturated rings. The van der Waals surface area contributed by atoms with Crippen LogP contribution in [0.1, 0.15) is 24.5 Å². The van der Waals surface area contributed by atoms with Crippen LogP contribution in [0.5, 0.6) is 0 Å². The number of anilines is 3. The quantitative estimate of drug-likeness (QED) is 0.262. The highest BCUT2D eigenvalue weighted by Gasteiger charge is 2.24. The Morgan fingerprint density at radius 2 is 1.80 bits per heavy atom. The predicted molar refractivity (Wildman–Crippen MR) is 150 cm³/mol. The van der Waals surface area contributed by atoms with Crippen LogP contribution >= 0.6 is 0 Å². The summed E-state index contributed by atoms with van der Waals surface area (Å²) in [6, 6.07) is 10.7. The van der Waals surface area contributed by atoms with E-state index in [0.29, 0.717) is 11.3 Å². The first-order valence-electron chi connectivity index (χ1n) is 12.5. The summed E-state index contributed by atoms with van der Waals surface area (Å²) in [5.74, 6) is -0.987. The molecule has 0 aliphatic rings. The highest BCUT2D eigenvalue weighted by Crippen LogP contribution is 2.27. The SMILES string of the molecule is CC(=O)Nc1cccc(-n2c(=O)n(CC[C@@H](O)CO)c(=O)c3c(Nc4ccc(C)cc4F)n(C)c(=O)c(C)c32)c1. The molecule has 2 heterocycles. The van der Waals surface area contributed by atoms with Gasteiger partial charge < -0.3 is 20.8 Å². The predicted octanol–water partition coefficient (Wildman–Crippen LogP) is 2.05. The van der Waals surface area contributed by atoms with Crippen molar-refractivity contribution in [1.82, 2.24) is 13.7 Å². The molecule has 0 spiro atoms. The van der Waals surface area contributed by atoms with E-state index in [9.17, 15) is 33.8 Å². The average Bonchev–Trinajstić information content (AvgIpc) is 2.90. The van der Waals surface area contributed by atoms with Gasteiger partial charge in [-0.3, -0.25) is 28.1 Å². The Labute approximate surface area is 227 Å². The van der Waals surface area contributed by atoms with E-state index < -0.39 is 35.3 Å². The molecule has 0 bridgehead atoms. The van der Waals surface area contributed by atoms with Crippen LogP contribution in [0.4, 0.5) is 21.6 Å². The smallest absolute Gasteiger partial charge is 0.336 e. The van der Waals surface area contributed by atoms with Crippen molar-refractivity contribution in [2.45, 2.75) is 39.8 Å². The first kappa shape index (κ1) is 28.5. The van der Waals surface area contributed by atoms with E-state index in [1.165, 1.54) is 48.2 Å². The third kappa shape index (κ3) is 5.31. The number of nitrogens with one attached hydrogen (secondary N) is 2. The third-order valence-electron chi connectivity index (χ3n) is 6.59. The summed E-state index contributed by atoms with van der Waals surface area (Å²) in [7, 11) is 1.43. The number of fused-ring (bicyclic) bond motifs is 1. The van der Waals surface area contributed by atoms with E-state index in [4.69, 9.17) is 0 Å². The number of aromatic nitrogens is 3. The van der Waals surface area contributed by atoms with Gasteiger partial charge in [-0.05, 0) is 56.2 Å². The van der Waals surface area contributed by atoms with Gasteiger partial charge in [-0.1, -0.05) is 12.1 Å². The lowest BCUT2D eigenvalue weighted by molar-refractivity contribution is -0.114. The Morgan fingerprint density at radius 3 is 2.45 bits per heavy atom. The molecule has 4 aromatic rings. The number of rotatable bonds is 8. The number of benzene rings is 2. The number of pyridine rings is 1. The van der Waals surface area contributed by atoms with Crippen LogP contribution < -0.4 is 27.4 Å². The molecule has 4 rings (SSSR count). The minimum absolute atomic E-state index is 0.00653. The Bertz CT molecular complexity index is 1810. The van der Waals surface area contributed by atoms with E-state index in [0.717, 1.165) is 4.57 Å². The fraction of sp³-hybridized carbons (Fsp3) is 0.286. The van der Waals surface area contributed by atoms with Crippen molar-refractivity contribution in [3.63, 3.8) is 0 Å². The highest BCUT2D eigenvalue weighted by molar-refractivity contribution is 5.94. The van der Waals surface area contributed by atoms with E-state index in [1.54, 1.807) is 31.2 Å². The number of carbonyl (C=O) groups is 1. The van der Waals surface area contributed by atoms with Gasteiger partial charge in [0.25, 0.3) is 11.1 Å². The zero-order chi connectivity index (χ0) is 29.3. The summed E-state index contributed by atoms with van der Waals surface area (Å²) in [5, 5.41) is 24.7. The maximum atomic E-state index is 14.9. The van der Waals surface area contributed by atoms with Crippen molar-refractivity contribution in [2.24, 2.45) is 7.05 Å². The van der Waals surface area contributed by atoms with E-state index in [1.807, 2.05) is 0 Å². The zero-order valence-electron chi connectivity index (χ0n) is 22.5. The number of nitrogens with zero attached hydrogens (tertiary/aromatic N) is 3. The number of carbonyl (C=O) groups excluding carboxylic acids is 1. The fourth-order valence-electron chi connectivity index (χ4n) is 4.57. The molecular formula is C28H30FN5O6. The van der Waals surface area contributed by atoms with Crippen LogP contribution in [0, 0.1) is 19.7 Å². The number of hydrogen-bond donors (Lipinski definition) is 4. The van der Waals surface area contributed by atoms with Gasteiger partial charge in [-0.25, -0.2) is 9.18 Å². The van der Waals surface area contributed by atoms with Crippen molar-refractivity contribution in [2.75, 3.05) is 17.2 Å². The summed E-state index contributed by atoms with van der Waals surface area (Å²) in [5.41, 5.74) is -0.690. The maximum absolute atomic E-state index is 14.9. The average molecular weight is 552 g/mol. The molecule has 0 aliphatic carbocycles. The van der Waals surface area contributed by atoms with Gasteiger partial charge in [0.1, 0.15) is 17.0 Å². The molecule has 2 aromatic carbocycles. The minimum atomic E-state index is -1.18. The summed E-state index contributed by atoms with van der Waals surface area (Å²) in [4.78, 5) is 52.8. The Morgan fingerprint density at radius 1 is 1.07 bits per heavy atom. The largest absolute Gasteiger partial charge is 0.394 e. The molecule has 210 valence electrons. The molecule has 0 saturated carbocycles. The van der Waals surface area contributed by atoms with Crippen LogP contribution in [0.3, 0.4) is 0 Å². The van der Waals surface area contributed by atoms with Crippen molar-refractivity contribution >= 4 is 34.0 Å². The van der Waals surface area contributed by atoms with E-state index in [-0.39, 0.29) is 52.5 Å². The second-order valence-electron chi connectivity index (χ2n) is 9.60. The molecule has 1 amide bonds. The van der Waals surface area contributed by atoms with Crippen LogP contribution in [0.15, 0.2) is 56.8 Å². The number of aryl methyl sites for hydroxylation is 2. The molecule has 1 atom stereocenters. The number of halogens is 1. The van der Waals surface area contributed by atoms with Crippen LogP contribution in [0.2, 0.25) is 0 Å². The fourth-order valence-corrected chi connectivity index (χ4v) is 4.57. The lowest BCUT2D eigenvalue weighted by atomic mass is 10.1. The first-order valence-corrected chi connectivity index (χ1v) is 12.5. The van der Waals surface area contributed by atoms with Crippen molar-refractivity contribution in [3.05, 3.63) is 90.6 Å². The van der Waals surface area contributed by atoms with Crippen molar-refractivity contribution in [3.8, 4) is 5.69 Å². The molecule has 0 radical (unpaired) electrons. The van der Waals surface area contributed by atoms with Crippen molar-refractivity contribution in [1.29, 1.82) is 0 Å². The monoisotopic (exact) mass is 551 g/mol. The van der Waals surface area contributed by atoms with Gasteiger partial charge in [0.15, 0.2) is 0 Å². The minimum Gasteiger partial charge on any atom is -0.394 e. The lowest BCUT2D eigenvalue weighted by Crippen LogP contribution is -2.42. The van der Waals surface area contributed by atoms with Crippen LogP contribution in [0.25, 0.3) is 16.6 Å². The topological polar surface area (TPSA) is 148 Å². The zero-order valence-corrected chi connectivity index (χ0v) is 22.5. The van der Waals surface area contributed by atoms with Gasteiger partial charge in [0, 0.05) is 31.8 Å². The number of hydrogen-bond acceptors (Lipinski definition) is 7. The van der Waals surface area contributed by atoms with Gasteiger partial charge in [0.05, 0.1) is 29.6 Å². The number of aliphatic hydroxyl groups excluding tert-OH is 2. The Kier molecular flexibility index (Phi) is 8.03. The normalized spacial score (nSPS) is 12.0. The van der Waals surface area contributed by atoms with Crippen LogP contribution in [-0.2, 0) is 18.4 Å². The highest BCUT2D eigenvalue weighted by atomic mass is 19.1. The van der Waals surface area contributed by atoms with Gasteiger partial charge >= 0.3 is 5.69 Å². The number of aliphatic hydroxyl groups is 2. The molecule has 11 nitrogen and oxygen atoms in total. The second kappa shape index (κ2) is 11.3. The summed E-state index contributed by atoms with van der Waals surface area (Å²) in [6.45, 7) is 3.71. The first-order chi connectivity index (χ1) is 18.9. The molecule has 4 N–H and O–H groups in total. The van der Waals surface area contributed by atoms with Gasteiger partial charge in [-0.2, -0.15) is 0 Å². The Balaban J connectivity index is 2.14. The summed E-state index contributed by atoms with van der Waals surface area (Å²) in [6.07, 6.45) is -1.29. The molecule has 12 heteroatoms.